The Labute approximate surface area is 98.2 Å². The molecule has 1 N–H and O–H groups in total. The van der Waals surface area contributed by atoms with Crippen molar-refractivity contribution in [2.45, 2.75) is 11.8 Å². The average Bonchev–Trinajstić information content (AvgIpc) is 2.19. The highest BCUT2D eigenvalue weighted by molar-refractivity contribution is 9.08. The van der Waals surface area contributed by atoms with Gasteiger partial charge in [-0.2, -0.15) is 0 Å². The van der Waals surface area contributed by atoms with Crippen LogP contribution in [0.3, 0.4) is 0 Å². The Morgan fingerprint density at radius 3 is 2.56 bits per heavy atom. The van der Waals surface area contributed by atoms with Gasteiger partial charge in [-0.25, -0.2) is 4.39 Å². The van der Waals surface area contributed by atoms with E-state index in [0.717, 1.165) is 6.07 Å². The van der Waals surface area contributed by atoms with Crippen LogP contribution in [0.25, 0.3) is 0 Å². The SMILES string of the molecule is O=C(O)Cc1cc(CBr)c([N+](=O)[O-])cc1F. The van der Waals surface area contributed by atoms with E-state index in [-0.39, 0.29) is 22.1 Å². The molecule has 0 amide bonds. The van der Waals surface area contributed by atoms with Crippen LogP contribution >= 0.6 is 15.9 Å². The Balaban J connectivity index is 3.25. The molecule has 0 saturated heterocycles. The molecular formula is C9H7BrFNO4. The van der Waals surface area contributed by atoms with E-state index in [9.17, 15) is 19.3 Å². The van der Waals surface area contributed by atoms with E-state index >= 15 is 0 Å². The summed E-state index contributed by atoms with van der Waals surface area (Å²) in [5.41, 5.74) is -0.168. The molecule has 0 heterocycles. The molecule has 0 aliphatic carbocycles. The first-order valence-corrected chi connectivity index (χ1v) is 5.31. The Morgan fingerprint density at radius 2 is 2.12 bits per heavy atom. The molecule has 0 aromatic heterocycles. The van der Waals surface area contributed by atoms with Crippen LogP contribution in [0.4, 0.5) is 10.1 Å². The van der Waals surface area contributed by atoms with Crippen molar-refractivity contribution in [3.05, 3.63) is 39.2 Å². The maximum Gasteiger partial charge on any atom is 0.307 e. The third-order valence-electron chi connectivity index (χ3n) is 1.93. The van der Waals surface area contributed by atoms with Gasteiger partial charge in [0.25, 0.3) is 5.69 Å². The van der Waals surface area contributed by atoms with Crippen LogP contribution in [0.1, 0.15) is 11.1 Å². The summed E-state index contributed by atoms with van der Waals surface area (Å²) in [5, 5.41) is 19.3. The highest BCUT2D eigenvalue weighted by Gasteiger charge is 2.18. The number of aliphatic carboxylic acids is 1. The number of nitro benzene ring substituents is 1. The van der Waals surface area contributed by atoms with E-state index < -0.39 is 23.1 Å². The summed E-state index contributed by atoms with van der Waals surface area (Å²) in [6, 6.07) is 1.94. The van der Waals surface area contributed by atoms with Gasteiger partial charge in [0.15, 0.2) is 0 Å². The van der Waals surface area contributed by atoms with Gasteiger partial charge in [0.2, 0.25) is 0 Å². The van der Waals surface area contributed by atoms with Gasteiger partial charge >= 0.3 is 5.97 Å². The van der Waals surface area contributed by atoms with Crippen LogP contribution in [-0.2, 0) is 16.5 Å². The predicted molar refractivity (Wildman–Crippen MR) is 57.0 cm³/mol. The van der Waals surface area contributed by atoms with Crippen molar-refractivity contribution in [1.82, 2.24) is 0 Å². The van der Waals surface area contributed by atoms with E-state index in [1.165, 1.54) is 6.07 Å². The molecule has 0 spiro atoms. The fraction of sp³-hybridized carbons (Fsp3) is 0.222. The van der Waals surface area contributed by atoms with Gasteiger partial charge in [-0.1, -0.05) is 15.9 Å². The number of hydrogen-bond donors (Lipinski definition) is 1. The molecule has 0 aliphatic rings. The van der Waals surface area contributed by atoms with E-state index in [1.807, 2.05) is 0 Å². The number of halogens is 2. The highest BCUT2D eigenvalue weighted by atomic mass is 79.9. The van der Waals surface area contributed by atoms with Gasteiger partial charge in [-0.3, -0.25) is 14.9 Å². The number of carbonyl (C=O) groups is 1. The zero-order valence-electron chi connectivity index (χ0n) is 7.94. The summed E-state index contributed by atoms with van der Waals surface area (Å²) in [4.78, 5) is 20.3. The normalized spacial score (nSPS) is 10.1. The molecule has 0 radical (unpaired) electrons. The van der Waals surface area contributed by atoms with E-state index in [1.54, 1.807) is 0 Å². The molecule has 5 nitrogen and oxygen atoms in total. The molecule has 0 unspecified atom stereocenters. The second-order valence-electron chi connectivity index (χ2n) is 3.03. The Bertz CT molecular complexity index is 449. The molecule has 0 aliphatic heterocycles. The summed E-state index contributed by atoms with van der Waals surface area (Å²) in [7, 11) is 0. The molecule has 16 heavy (non-hydrogen) atoms. The lowest BCUT2D eigenvalue weighted by atomic mass is 10.1. The Kier molecular flexibility index (Phi) is 3.94. The molecule has 0 bridgehead atoms. The molecule has 0 fully saturated rings. The van der Waals surface area contributed by atoms with E-state index in [4.69, 9.17) is 5.11 Å². The first-order valence-electron chi connectivity index (χ1n) is 4.19. The standard InChI is InChI=1S/C9H7BrFNO4/c10-4-6-1-5(2-9(13)14)7(11)3-8(6)12(15)16/h1,3H,2,4H2,(H,13,14). The fourth-order valence-corrected chi connectivity index (χ4v) is 1.68. The van der Waals surface area contributed by atoms with Crippen molar-refractivity contribution >= 4 is 27.6 Å². The van der Waals surface area contributed by atoms with Crippen molar-refractivity contribution < 1.29 is 19.2 Å². The van der Waals surface area contributed by atoms with Crippen LogP contribution in [0.2, 0.25) is 0 Å². The first kappa shape index (κ1) is 12.6. The van der Waals surface area contributed by atoms with Gasteiger partial charge in [0.1, 0.15) is 5.82 Å². The Morgan fingerprint density at radius 1 is 1.50 bits per heavy atom. The summed E-state index contributed by atoms with van der Waals surface area (Å²) in [5.74, 6) is -2.06. The number of benzene rings is 1. The number of carboxylic acid groups (broad SMARTS) is 1. The minimum Gasteiger partial charge on any atom is -0.481 e. The molecule has 1 aromatic carbocycles. The maximum atomic E-state index is 13.3. The lowest BCUT2D eigenvalue weighted by Crippen LogP contribution is -2.05. The van der Waals surface area contributed by atoms with Crippen molar-refractivity contribution in [2.75, 3.05) is 0 Å². The maximum absolute atomic E-state index is 13.3. The third-order valence-corrected chi connectivity index (χ3v) is 2.53. The van der Waals surface area contributed by atoms with Crippen LogP contribution in [0, 0.1) is 15.9 Å². The van der Waals surface area contributed by atoms with Gasteiger partial charge in [0.05, 0.1) is 17.4 Å². The fourth-order valence-electron chi connectivity index (χ4n) is 1.23. The lowest BCUT2D eigenvalue weighted by molar-refractivity contribution is -0.385. The summed E-state index contributed by atoms with van der Waals surface area (Å²) in [6.45, 7) is 0. The van der Waals surface area contributed by atoms with Gasteiger partial charge in [-0.05, 0) is 11.6 Å². The first-order chi connectivity index (χ1) is 7.45. The molecule has 1 rings (SSSR count). The zero-order valence-corrected chi connectivity index (χ0v) is 9.53. The van der Waals surface area contributed by atoms with Crippen molar-refractivity contribution in [1.29, 1.82) is 0 Å². The number of nitro groups is 1. The third kappa shape index (κ3) is 2.75. The molecule has 0 atom stereocenters. The number of alkyl halides is 1. The largest absolute Gasteiger partial charge is 0.481 e. The topological polar surface area (TPSA) is 80.4 Å². The van der Waals surface area contributed by atoms with Gasteiger partial charge in [0, 0.05) is 10.9 Å². The minimum absolute atomic E-state index is 0.0625. The second kappa shape index (κ2) is 5.02. The van der Waals surface area contributed by atoms with E-state index in [0.29, 0.717) is 0 Å². The lowest BCUT2D eigenvalue weighted by Gasteiger charge is -2.04. The number of carboxylic acids is 1. The minimum atomic E-state index is -1.19. The number of hydrogen-bond acceptors (Lipinski definition) is 3. The zero-order chi connectivity index (χ0) is 12.3. The summed E-state index contributed by atoms with van der Waals surface area (Å²) >= 11 is 3.03. The molecule has 1 aromatic rings. The highest BCUT2D eigenvalue weighted by Crippen LogP contribution is 2.25. The second-order valence-corrected chi connectivity index (χ2v) is 3.59. The molecule has 7 heteroatoms. The summed E-state index contributed by atoms with van der Waals surface area (Å²) < 4.78 is 13.3. The number of rotatable bonds is 4. The van der Waals surface area contributed by atoms with Crippen LogP contribution in [0.15, 0.2) is 12.1 Å². The van der Waals surface area contributed by atoms with Crippen LogP contribution < -0.4 is 0 Å². The summed E-state index contributed by atoms with van der Waals surface area (Å²) in [6.07, 6.45) is -0.496. The molecule has 0 saturated carbocycles. The molecular weight excluding hydrogens is 285 g/mol. The smallest absolute Gasteiger partial charge is 0.307 e. The number of nitrogens with zero attached hydrogens (tertiary/aromatic N) is 1. The molecule has 86 valence electrons. The van der Waals surface area contributed by atoms with Gasteiger partial charge in [-0.15, -0.1) is 0 Å². The van der Waals surface area contributed by atoms with Crippen molar-refractivity contribution in [2.24, 2.45) is 0 Å². The van der Waals surface area contributed by atoms with Crippen LogP contribution in [-0.4, -0.2) is 16.0 Å². The van der Waals surface area contributed by atoms with Crippen molar-refractivity contribution in [3.63, 3.8) is 0 Å². The van der Waals surface area contributed by atoms with Crippen molar-refractivity contribution in [3.8, 4) is 0 Å². The predicted octanol–water partition coefficient (Wildman–Crippen LogP) is 2.26. The quantitative estimate of drug-likeness (QED) is 0.524. The Hall–Kier alpha value is -1.50. The monoisotopic (exact) mass is 291 g/mol. The average molecular weight is 292 g/mol. The van der Waals surface area contributed by atoms with Gasteiger partial charge < -0.3 is 5.11 Å². The van der Waals surface area contributed by atoms with Crippen LogP contribution in [0.5, 0.6) is 0 Å². The van der Waals surface area contributed by atoms with E-state index in [2.05, 4.69) is 15.9 Å².